The van der Waals surface area contributed by atoms with E-state index in [1.54, 1.807) is 18.2 Å². The number of carbonyl (C=O) groups is 1. The molecule has 2 rings (SSSR count). The summed E-state index contributed by atoms with van der Waals surface area (Å²) >= 11 is 0. The molecule has 0 unspecified atom stereocenters. The molecule has 0 fully saturated rings. The van der Waals surface area contributed by atoms with E-state index in [1.807, 2.05) is 12.1 Å². The van der Waals surface area contributed by atoms with Crippen LogP contribution in [0.1, 0.15) is 23.6 Å². The third-order valence-corrected chi connectivity index (χ3v) is 3.83. The quantitative estimate of drug-likeness (QED) is 0.819. The summed E-state index contributed by atoms with van der Waals surface area (Å²) < 4.78 is 13.5. The van der Waals surface area contributed by atoms with Gasteiger partial charge in [0.1, 0.15) is 5.82 Å². The molecule has 0 atom stereocenters. The number of carbonyl (C=O) groups excluding carboxylic acids is 1. The number of amides is 2. The minimum atomic E-state index is -0.314. The van der Waals surface area contributed by atoms with Crippen LogP contribution in [0.15, 0.2) is 48.5 Å². The molecule has 4 nitrogen and oxygen atoms in total. The van der Waals surface area contributed by atoms with Crippen molar-refractivity contribution < 1.29 is 9.18 Å². The maximum Gasteiger partial charge on any atom is 0.315 e. The topological polar surface area (TPSA) is 44.4 Å². The maximum atomic E-state index is 13.5. The molecule has 0 saturated carbocycles. The molecule has 5 heteroatoms. The number of nitrogens with one attached hydrogen (secondary N) is 2. The highest BCUT2D eigenvalue weighted by Gasteiger charge is 2.05. The Hall–Kier alpha value is -2.40. The number of urea groups is 1. The minimum Gasteiger partial charge on any atom is -0.334 e. The van der Waals surface area contributed by atoms with Crippen molar-refractivity contribution in [3.63, 3.8) is 0 Å². The molecule has 128 valence electrons. The molecule has 0 bridgehead atoms. The highest BCUT2D eigenvalue weighted by molar-refractivity contribution is 5.73. The van der Waals surface area contributed by atoms with Crippen LogP contribution in [-0.4, -0.2) is 24.5 Å². The summed E-state index contributed by atoms with van der Waals surface area (Å²) in [5, 5.41) is 5.46. The molecule has 2 amide bonds. The lowest BCUT2D eigenvalue weighted by molar-refractivity contribution is 0.240. The van der Waals surface area contributed by atoms with E-state index in [4.69, 9.17) is 0 Å². The van der Waals surface area contributed by atoms with Crippen molar-refractivity contribution in [2.45, 2.75) is 26.6 Å². The summed E-state index contributed by atoms with van der Waals surface area (Å²) in [4.78, 5) is 14.1. The number of nitrogens with zero attached hydrogens (tertiary/aromatic N) is 1. The van der Waals surface area contributed by atoms with Gasteiger partial charge >= 0.3 is 6.03 Å². The first-order valence-electron chi connectivity index (χ1n) is 8.10. The molecule has 0 aliphatic heterocycles. The first-order chi connectivity index (χ1) is 11.6. The van der Waals surface area contributed by atoms with Gasteiger partial charge in [0.15, 0.2) is 0 Å². The van der Waals surface area contributed by atoms with E-state index in [9.17, 15) is 9.18 Å². The molecular weight excluding hydrogens is 305 g/mol. The standard InChI is InChI=1S/C19H24FN3O/c1-3-23(2)14-16-8-6-7-15(11-16)12-21-19(24)22-13-17-9-4-5-10-18(17)20/h4-11H,3,12-14H2,1-2H3,(H2,21,22,24). The largest absolute Gasteiger partial charge is 0.334 e. The predicted octanol–water partition coefficient (Wildman–Crippen LogP) is 3.28. The van der Waals surface area contributed by atoms with Crippen molar-refractivity contribution in [1.82, 2.24) is 15.5 Å². The molecule has 0 heterocycles. The highest BCUT2D eigenvalue weighted by Crippen LogP contribution is 2.08. The van der Waals surface area contributed by atoms with Crippen LogP contribution in [0.3, 0.4) is 0 Å². The zero-order valence-electron chi connectivity index (χ0n) is 14.2. The van der Waals surface area contributed by atoms with Crippen LogP contribution in [0.5, 0.6) is 0 Å². The van der Waals surface area contributed by atoms with E-state index in [1.165, 1.54) is 11.6 Å². The Balaban J connectivity index is 1.81. The minimum absolute atomic E-state index is 0.167. The average Bonchev–Trinajstić information content (AvgIpc) is 2.59. The molecule has 0 aliphatic carbocycles. The van der Waals surface area contributed by atoms with Crippen LogP contribution in [0, 0.1) is 5.82 Å². The Kier molecular flexibility index (Phi) is 6.75. The summed E-state index contributed by atoms with van der Waals surface area (Å²) in [7, 11) is 2.07. The lowest BCUT2D eigenvalue weighted by Gasteiger charge is -2.14. The van der Waals surface area contributed by atoms with Gasteiger partial charge in [-0.05, 0) is 30.8 Å². The molecule has 24 heavy (non-hydrogen) atoms. The van der Waals surface area contributed by atoms with Crippen LogP contribution in [0.4, 0.5) is 9.18 Å². The maximum absolute atomic E-state index is 13.5. The van der Waals surface area contributed by atoms with Crippen LogP contribution in [-0.2, 0) is 19.6 Å². The molecule has 0 radical (unpaired) electrons. The van der Waals surface area contributed by atoms with E-state index >= 15 is 0 Å². The Morgan fingerprint density at radius 3 is 2.50 bits per heavy atom. The average molecular weight is 329 g/mol. The van der Waals surface area contributed by atoms with Crippen molar-refractivity contribution in [2.24, 2.45) is 0 Å². The van der Waals surface area contributed by atoms with Crippen LogP contribution < -0.4 is 10.6 Å². The Morgan fingerprint density at radius 1 is 1.04 bits per heavy atom. The third-order valence-electron chi connectivity index (χ3n) is 3.83. The first kappa shape index (κ1) is 17.9. The molecule has 0 aliphatic rings. The fraction of sp³-hybridized carbons (Fsp3) is 0.316. The summed E-state index contributed by atoms with van der Waals surface area (Å²) in [6, 6.07) is 14.2. The number of halogens is 1. The smallest absolute Gasteiger partial charge is 0.315 e. The van der Waals surface area contributed by atoms with E-state index in [0.29, 0.717) is 12.1 Å². The summed E-state index contributed by atoms with van der Waals surface area (Å²) in [5.74, 6) is -0.314. The summed E-state index contributed by atoms with van der Waals surface area (Å²) in [5.41, 5.74) is 2.72. The lowest BCUT2D eigenvalue weighted by atomic mass is 10.1. The van der Waals surface area contributed by atoms with Crippen molar-refractivity contribution in [3.8, 4) is 0 Å². The van der Waals surface area contributed by atoms with Gasteiger partial charge in [0.25, 0.3) is 0 Å². The Morgan fingerprint density at radius 2 is 1.75 bits per heavy atom. The Labute approximate surface area is 142 Å². The van der Waals surface area contributed by atoms with Gasteiger partial charge in [0.2, 0.25) is 0 Å². The van der Waals surface area contributed by atoms with E-state index in [2.05, 4.69) is 41.6 Å². The zero-order chi connectivity index (χ0) is 17.4. The monoisotopic (exact) mass is 329 g/mol. The SMILES string of the molecule is CCN(C)Cc1cccc(CNC(=O)NCc2ccccc2F)c1. The van der Waals surface area contributed by atoms with Gasteiger partial charge in [-0.2, -0.15) is 0 Å². The van der Waals surface area contributed by atoms with E-state index < -0.39 is 0 Å². The Bertz CT molecular complexity index is 675. The highest BCUT2D eigenvalue weighted by atomic mass is 19.1. The predicted molar refractivity (Wildman–Crippen MR) is 93.9 cm³/mol. The molecule has 2 aromatic carbocycles. The molecule has 2 N–H and O–H groups in total. The van der Waals surface area contributed by atoms with Gasteiger partial charge in [-0.15, -0.1) is 0 Å². The van der Waals surface area contributed by atoms with Crippen LogP contribution in [0.2, 0.25) is 0 Å². The summed E-state index contributed by atoms with van der Waals surface area (Å²) in [6.45, 7) is 4.59. The number of hydrogen-bond donors (Lipinski definition) is 2. The molecule has 0 spiro atoms. The third kappa shape index (κ3) is 5.66. The van der Waals surface area contributed by atoms with Gasteiger partial charge < -0.3 is 15.5 Å². The second kappa shape index (κ2) is 9.03. The van der Waals surface area contributed by atoms with Crippen molar-refractivity contribution in [2.75, 3.05) is 13.6 Å². The normalized spacial score (nSPS) is 10.7. The molecule has 2 aromatic rings. The second-order valence-electron chi connectivity index (χ2n) is 5.78. The van der Waals surface area contributed by atoms with E-state index in [-0.39, 0.29) is 18.4 Å². The number of rotatable bonds is 7. The van der Waals surface area contributed by atoms with Gasteiger partial charge in [-0.3, -0.25) is 0 Å². The number of hydrogen-bond acceptors (Lipinski definition) is 2. The first-order valence-corrected chi connectivity index (χ1v) is 8.10. The summed E-state index contributed by atoms with van der Waals surface area (Å²) in [6.07, 6.45) is 0. The second-order valence-corrected chi connectivity index (χ2v) is 5.78. The molecular formula is C19H24FN3O. The van der Waals surface area contributed by atoms with Crippen molar-refractivity contribution >= 4 is 6.03 Å². The van der Waals surface area contributed by atoms with Gasteiger partial charge in [0, 0.05) is 25.2 Å². The van der Waals surface area contributed by atoms with Gasteiger partial charge in [-0.25, -0.2) is 9.18 Å². The fourth-order valence-corrected chi connectivity index (χ4v) is 2.32. The fourth-order valence-electron chi connectivity index (χ4n) is 2.32. The molecule has 0 aromatic heterocycles. The van der Waals surface area contributed by atoms with Crippen molar-refractivity contribution in [3.05, 3.63) is 71.0 Å². The van der Waals surface area contributed by atoms with E-state index in [0.717, 1.165) is 18.7 Å². The van der Waals surface area contributed by atoms with Gasteiger partial charge in [0.05, 0.1) is 0 Å². The van der Waals surface area contributed by atoms with Crippen molar-refractivity contribution in [1.29, 1.82) is 0 Å². The lowest BCUT2D eigenvalue weighted by Crippen LogP contribution is -2.34. The van der Waals surface area contributed by atoms with Crippen LogP contribution in [0.25, 0.3) is 0 Å². The van der Waals surface area contributed by atoms with Gasteiger partial charge in [-0.1, -0.05) is 49.4 Å². The van der Waals surface area contributed by atoms with Crippen LogP contribution >= 0.6 is 0 Å². The number of benzene rings is 2. The molecule has 0 saturated heterocycles. The zero-order valence-corrected chi connectivity index (χ0v) is 14.2.